The van der Waals surface area contributed by atoms with E-state index in [0.29, 0.717) is 16.2 Å². The first kappa shape index (κ1) is 29.9. The summed E-state index contributed by atoms with van der Waals surface area (Å²) in [6.07, 6.45) is 2.74. The van der Waals surface area contributed by atoms with Crippen LogP contribution in [0.3, 0.4) is 0 Å². The summed E-state index contributed by atoms with van der Waals surface area (Å²) in [4.78, 5) is 22.9. The first-order chi connectivity index (χ1) is 18.0. The lowest BCUT2D eigenvalue weighted by Crippen LogP contribution is -2.49. The zero-order valence-electron chi connectivity index (χ0n) is 22.3. The van der Waals surface area contributed by atoms with Gasteiger partial charge in [0.2, 0.25) is 0 Å². The van der Waals surface area contributed by atoms with Crippen molar-refractivity contribution in [2.75, 3.05) is 12.9 Å². The van der Waals surface area contributed by atoms with Crippen molar-refractivity contribution in [3.8, 4) is 5.75 Å². The fraction of sp³-hybridized carbons (Fsp3) is 0.500. The highest BCUT2D eigenvalue weighted by Crippen LogP contribution is 2.58. The Hall–Kier alpha value is -2.63. The molecule has 2 aromatic rings. The number of carboxylic acids is 2. The second-order valence-corrected chi connectivity index (χ2v) is 12.1. The zero-order valence-corrected chi connectivity index (χ0v) is 23.1. The van der Waals surface area contributed by atoms with E-state index in [4.69, 9.17) is 4.74 Å². The lowest BCUT2D eigenvalue weighted by molar-refractivity contribution is -0.139. The Labute approximate surface area is 226 Å². The molecule has 0 spiro atoms. The second-order valence-electron chi connectivity index (χ2n) is 10.0. The molecule has 2 atom stereocenters. The number of hydrogen-bond donors (Lipinski definition) is 6. The lowest BCUT2D eigenvalue weighted by Gasteiger charge is -2.42. The molecule has 0 bridgehead atoms. The van der Waals surface area contributed by atoms with E-state index in [1.807, 2.05) is 36.4 Å². The molecule has 1 heterocycles. The number of aliphatic carboxylic acids is 2. The van der Waals surface area contributed by atoms with Crippen LogP contribution >= 0.6 is 10.6 Å². The van der Waals surface area contributed by atoms with Crippen LogP contribution < -0.4 is 15.4 Å². The van der Waals surface area contributed by atoms with Gasteiger partial charge in [0.25, 0.3) is 0 Å². The van der Waals surface area contributed by atoms with E-state index in [1.54, 1.807) is 6.07 Å². The Morgan fingerprint density at radius 1 is 1.13 bits per heavy atom. The van der Waals surface area contributed by atoms with E-state index >= 15 is 0 Å². The number of carbonyl (C=O) groups is 2. The van der Waals surface area contributed by atoms with Crippen LogP contribution in [0, 0.1) is 0 Å². The Kier molecular flexibility index (Phi) is 10.2. The minimum atomic E-state index is -3.23. The number of ether oxygens (including phenoxy) is 1. The molecular weight excluding hydrogens is 508 g/mol. The molecule has 2 unspecified atom stereocenters. The Morgan fingerprint density at radius 3 is 2.34 bits per heavy atom. The Balaban J connectivity index is 2.10. The predicted molar refractivity (Wildman–Crippen MR) is 148 cm³/mol. The van der Waals surface area contributed by atoms with Crippen molar-refractivity contribution in [3.05, 3.63) is 59.2 Å². The quantitative estimate of drug-likeness (QED) is 0.197. The highest BCUT2D eigenvalue weighted by Gasteiger charge is 2.42. The van der Waals surface area contributed by atoms with E-state index in [0.717, 1.165) is 36.8 Å². The zero-order chi connectivity index (χ0) is 27.9. The van der Waals surface area contributed by atoms with Gasteiger partial charge in [-0.1, -0.05) is 57.0 Å². The molecule has 0 fully saturated rings. The molecule has 210 valence electrons. The van der Waals surface area contributed by atoms with E-state index in [-0.39, 0.29) is 31.2 Å². The van der Waals surface area contributed by atoms with Crippen molar-refractivity contribution in [2.45, 2.75) is 81.4 Å². The number of benzene rings is 2. The monoisotopic (exact) mass is 548 g/mol. The molecule has 0 aromatic heterocycles. The van der Waals surface area contributed by atoms with Gasteiger partial charge < -0.3 is 20.3 Å². The standard InChI is InChI=1S/C28H40N2O7S/c1-4-6-12-28(5-2)18-38(35,36)24-13-20(17-29-21(14-25(31)32)15-26(33)34)23(37-3)16-22(24)27(30-28)19-10-8-7-9-11-19/h7-11,13,16,21,27,29-30,35-36H,4-6,12,14-15,17-18H2,1-3H3,(H,31,32)(H,33,34). The maximum Gasteiger partial charge on any atom is 0.304 e. The van der Waals surface area contributed by atoms with Gasteiger partial charge in [-0.3, -0.25) is 24.0 Å². The van der Waals surface area contributed by atoms with Gasteiger partial charge >= 0.3 is 11.9 Å². The molecular formula is C28H40N2O7S. The van der Waals surface area contributed by atoms with Crippen molar-refractivity contribution >= 4 is 22.5 Å². The Bertz CT molecular complexity index is 1100. The van der Waals surface area contributed by atoms with Gasteiger partial charge in [0.05, 0.1) is 36.6 Å². The molecule has 38 heavy (non-hydrogen) atoms. The van der Waals surface area contributed by atoms with E-state index in [9.17, 15) is 28.9 Å². The Morgan fingerprint density at radius 2 is 1.79 bits per heavy atom. The first-order valence-corrected chi connectivity index (χ1v) is 14.7. The molecule has 0 amide bonds. The number of nitrogens with one attached hydrogen (secondary N) is 2. The van der Waals surface area contributed by atoms with Gasteiger partial charge in [-0.05, 0) is 30.5 Å². The third-order valence-corrected chi connectivity index (χ3v) is 9.26. The minimum absolute atomic E-state index is 0.107. The van der Waals surface area contributed by atoms with Gasteiger partial charge in [-0.15, -0.1) is 0 Å². The summed E-state index contributed by atoms with van der Waals surface area (Å²) in [5.41, 5.74) is 1.82. The van der Waals surface area contributed by atoms with Crippen molar-refractivity contribution in [2.24, 2.45) is 0 Å². The summed E-state index contributed by atoms with van der Waals surface area (Å²) in [6, 6.07) is 12.3. The second kappa shape index (κ2) is 12.9. The highest BCUT2D eigenvalue weighted by atomic mass is 32.3. The van der Waals surface area contributed by atoms with Gasteiger partial charge in [0, 0.05) is 29.3 Å². The van der Waals surface area contributed by atoms with E-state index < -0.39 is 34.1 Å². The summed E-state index contributed by atoms with van der Waals surface area (Å²) in [6.45, 7) is 4.29. The van der Waals surface area contributed by atoms with Gasteiger partial charge in [-0.2, -0.15) is 10.6 Å². The number of hydrogen-bond acceptors (Lipinski definition) is 7. The van der Waals surface area contributed by atoms with Crippen molar-refractivity contribution in [3.63, 3.8) is 0 Å². The van der Waals surface area contributed by atoms with E-state index in [1.165, 1.54) is 7.11 Å². The molecule has 0 aliphatic carbocycles. The summed E-state index contributed by atoms with van der Waals surface area (Å²) < 4.78 is 28.9. The van der Waals surface area contributed by atoms with Crippen LogP contribution in [0.25, 0.3) is 0 Å². The maximum absolute atomic E-state index is 11.6. The molecule has 9 nitrogen and oxygen atoms in total. The molecule has 10 heteroatoms. The van der Waals surface area contributed by atoms with Gasteiger partial charge in [0.1, 0.15) is 5.75 Å². The van der Waals surface area contributed by atoms with Crippen LogP contribution in [-0.4, -0.2) is 55.7 Å². The first-order valence-electron chi connectivity index (χ1n) is 13.0. The predicted octanol–water partition coefficient (Wildman–Crippen LogP) is 5.24. The summed E-state index contributed by atoms with van der Waals surface area (Å²) >= 11 is 0. The van der Waals surface area contributed by atoms with Crippen LogP contribution in [0.1, 0.15) is 75.1 Å². The SMILES string of the molecule is CCCCC1(CC)CS(O)(O)c2cc(CNC(CC(=O)O)CC(=O)O)c(OC)cc2C(c2ccccc2)N1. The largest absolute Gasteiger partial charge is 0.496 e. The van der Waals surface area contributed by atoms with Crippen LogP contribution in [0.5, 0.6) is 5.75 Å². The molecule has 3 rings (SSSR count). The highest BCUT2D eigenvalue weighted by molar-refractivity contribution is 8.24. The van der Waals surface area contributed by atoms with Crippen molar-refractivity contribution in [1.82, 2.24) is 10.6 Å². The third kappa shape index (κ3) is 7.27. The number of unbranched alkanes of at least 4 members (excludes halogenated alkanes) is 1. The van der Waals surface area contributed by atoms with E-state index in [2.05, 4.69) is 24.5 Å². The fourth-order valence-electron chi connectivity index (χ4n) is 5.18. The molecule has 2 aromatic carbocycles. The topological polar surface area (TPSA) is 148 Å². The third-order valence-electron chi connectivity index (χ3n) is 7.25. The molecule has 0 saturated carbocycles. The number of fused-ring (bicyclic) bond motifs is 1. The van der Waals surface area contributed by atoms with Crippen LogP contribution in [0.15, 0.2) is 47.4 Å². The lowest BCUT2D eigenvalue weighted by atomic mass is 9.88. The number of carboxylic acid groups (broad SMARTS) is 2. The van der Waals surface area contributed by atoms with Crippen LogP contribution in [0.2, 0.25) is 0 Å². The molecule has 1 aliphatic heterocycles. The summed E-state index contributed by atoms with van der Waals surface area (Å²) in [5.74, 6) is -1.54. The van der Waals surface area contributed by atoms with Gasteiger partial charge in [-0.25, -0.2) is 0 Å². The van der Waals surface area contributed by atoms with Crippen molar-refractivity contribution in [1.29, 1.82) is 0 Å². The normalized spacial score (nSPS) is 21.4. The van der Waals surface area contributed by atoms with Crippen molar-refractivity contribution < 1.29 is 33.6 Å². The minimum Gasteiger partial charge on any atom is -0.496 e. The summed E-state index contributed by atoms with van der Waals surface area (Å²) in [5, 5.41) is 25.2. The molecule has 0 saturated heterocycles. The smallest absolute Gasteiger partial charge is 0.304 e. The maximum atomic E-state index is 11.6. The van der Waals surface area contributed by atoms with Crippen LogP contribution in [-0.2, 0) is 16.1 Å². The van der Waals surface area contributed by atoms with Crippen LogP contribution in [0.4, 0.5) is 0 Å². The average Bonchev–Trinajstić information content (AvgIpc) is 2.97. The molecule has 1 aliphatic rings. The molecule has 0 radical (unpaired) electrons. The number of rotatable bonds is 13. The fourth-order valence-corrected chi connectivity index (χ4v) is 7.43. The summed E-state index contributed by atoms with van der Waals surface area (Å²) in [7, 11) is -1.71. The average molecular weight is 549 g/mol. The molecule has 6 N–H and O–H groups in total. The van der Waals surface area contributed by atoms with Gasteiger partial charge in [0.15, 0.2) is 0 Å². The number of methoxy groups -OCH3 is 1.